The lowest BCUT2D eigenvalue weighted by Gasteiger charge is -2.07. The molecule has 0 aliphatic heterocycles. The number of benzene rings is 1. The van der Waals surface area contributed by atoms with Gasteiger partial charge < -0.3 is 4.57 Å². The van der Waals surface area contributed by atoms with Crippen molar-refractivity contribution in [2.45, 2.75) is 6.92 Å². The fraction of sp³-hybridized carbons (Fsp3) is 0.0833. The van der Waals surface area contributed by atoms with Gasteiger partial charge in [-0.05, 0) is 30.7 Å². The van der Waals surface area contributed by atoms with Gasteiger partial charge in [-0.25, -0.2) is 0 Å². The van der Waals surface area contributed by atoms with Crippen LogP contribution in [0.3, 0.4) is 0 Å². The van der Waals surface area contributed by atoms with Crippen molar-refractivity contribution in [2.24, 2.45) is 0 Å². The van der Waals surface area contributed by atoms with Gasteiger partial charge in [0.15, 0.2) is 0 Å². The van der Waals surface area contributed by atoms with Gasteiger partial charge in [-0.2, -0.15) is 0 Å². The highest BCUT2D eigenvalue weighted by Gasteiger charge is 1.95. The first-order valence-corrected chi connectivity index (χ1v) is 4.93. The molecule has 70 valence electrons. The van der Waals surface area contributed by atoms with E-state index in [2.05, 4.69) is 25.3 Å². The fourth-order valence-corrected chi connectivity index (χ4v) is 1.61. The maximum atomic E-state index is 5.26. The molecule has 14 heavy (non-hydrogen) atoms. The number of rotatable bonds is 1. The summed E-state index contributed by atoms with van der Waals surface area (Å²) in [5, 5.41) is 0. The van der Waals surface area contributed by atoms with Crippen LogP contribution >= 0.6 is 12.2 Å². The van der Waals surface area contributed by atoms with Gasteiger partial charge in [0.05, 0.1) is 0 Å². The predicted molar refractivity (Wildman–Crippen MR) is 61.3 cm³/mol. The maximum Gasteiger partial charge on any atom is 0.110 e. The number of para-hydroxylation sites is 1. The second kappa shape index (κ2) is 3.76. The first-order chi connectivity index (χ1) is 6.77. The smallest absolute Gasteiger partial charge is 0.110 e. The fourth-order valence-electron chi connectivity index (χ4n) is 1.38. The second-order valence-corrected chi connectivity index (χ2v) is 3.67. The van der Waals surface area contributed by atoms with Gasteiger partial charge in [0.2, 0.25) is 0 Å². The largest absolute Gasteiger partial charge is 0.308 e. The summed E-state index contributed by atoms with van der Waals surface area (Å²) in [5.41, 5.74) is 2.32. The molecule has 0 saturated carbocycles. The number of hydrogen-bond acceptors (Lipinski definition) is 1. The quantitative estimate of drug-likeness (QED) is 0.639. The molecule has 2 aromatic rings. The third kappa shape index (κ3) is 1.75. The van der Waals surface area contributed by atoms with Crippen molar-refractivity contribution in [2.75, 3.05) is 0 Å². The molecule has 0 atom stereocenters. The molecule has 0 spiro atoms. The van der Waals surface area contributed by atoms with Gasteiger partial charge in [-0.1, -0.05) is 36.5 Å². The molecule has 1 aromatic carbocycles. The maximum absolute atomic E-state index is 5.26. The zero-order valence-corrected chi connectivity index (χ0v) is 8.79. The molecule has 1 nitrogen and oxygen atoms in total. The number of hydrogen-bond donors (Lipinski definition) is 0. The Balaban J connectivity index is 2.63. The van der Waals surface area contributed by atoms with Crippen molar-refractivity contribution in [1.29, 1.82) is 0 Å². The van der Waals surface area contributed by atoms with Crippen LogP contribution in [0, 0.1) is 11.6 Å². The Hall–Kier alpha value is -1.41. The van der Waals surface area contributed by atoms with Gasteiger partial charge in [0.25, 0.3) is 0 Å². The van der Waals surface area contributed by atoms with E-state index in [-0.39, 0.29) is 0 Å². The minimum atomic E-state index is 0.835. The van der Waals surface area contributed by atoms with Gasteiger partial charge >= 0.3 is 0 Å². The molecule has 0 N–H and O–H groups in total. The Morgan fingerprint density at radius 2 is 1.71 bits per heavy atom. The van der Waals surface area contributed by atoms with Crippen LogP contribution in [0.25, 0.3) is 5.69 Å². The molecule has 0 bridgehead atoms. The van der Waals surface area contributed by atoms with Crippen LogP contribution in [0.15, 0.2) is 48.7 Å². The van der Waals surface area contributed by atoms with Crippen molar-refractivity contribution >= 4 is 12.2 Å². The first-order valence-electron chi connectivity index (χ1n) is 4.52. The molecule has 0 fully saturated rings. The molecule has 1 aromatic heterocycles. The van der Waals surface area contributed by atoms with Crippen LogP contribution < -0.4 is 0 Å². The molecular weight excluding hydrogens is 190 g/mol. The minimum absolute atomic E-state index is 0.835. The number of aromatic nitrogens is 1. The van der Waals surface area contributed by atoms with Crippen LogP contribution in [0.1, 0.15) is 5.56 Å². The lowest BCUT2D eigenvalue weighted by molar-refractivity contribution is 1.01. The lowest BCUT2D eigenvalue weighted by atomic mass is 10.3. The Morgan fingerprint density at radius 3 is 2.43 bits per heavy atom. The van der Waals surface area contributed by atoms with Crippen molar-refractivity contribution in [3.05, 3.63) is 58.9 Å². The van der Waals surface area contributed by atoms with E-state index >= 15 is 0 Å². The Bertz CT molecular complexity index is 485. The first kappa shape index (κ1) is 9.16. The zero-order valence-electron chi connectivity index (χ0n) is 7.97. The highest BCUT2D eigenvalue weighted by molar-refractivity contribution is 7.71. The molecule has 2 rings (SSSR count). The summed E-state index contributed by atoms with van der Waals surface area (Å²) >= 11 is 5.26. The third-order valence-electron chi connectivity index (χ3n) is 2.09. The van der Waals surface area contributed by atoms with E-state index < -0.39 is 0 Å². The lowest BCUT2D eigenvalue weighted by Crippen LogP contribution is -1.96. The predicted octanol–water partition coefficient (Wildman–Crippen LogP) is 3.52. The Labute approximate surface area is 88.6 Å². The topological polar surface area (TPSA) is 4.93 Å². The molecule has 2 heteroatoms. The van der Waals surface area contributed by atoms with Gasteiger partial charge in [-0.3, -0.25) is 0 Å². The number of nitrogens with zero attached hydrogens (tertiary/aromatic N) is 1. The monoisotopic (exact) mass is 201 g/mol. The normalized spacial score (nSPS) is 10.1. The highest BCUT2D eigenvalue weighted by atomic mass is 32.1. The van der Waals surface area contributed by atoms with E-state index in [1.807, 2.05) is 34.9 Å². The molecule has 0 aliphatic carbocycles. The molecule has 0 unspecified atom stereocenters. The minimum Gasteiger partial charge on any atom is -0.308 e. The molecule has 1 heterocycles. The van der Waals surface area contributed by atoms with Crippen molar-refractivity contribution in [3.63, 3.8) is 0 Å². The van der Waals surface area contributed by atoms with Crippen LogP contribution in [0.2, 0.25) is 0 Å². The molecule has 0 radical (unpaired) electrons. The van der Waals surface area contributed by atoms with E-state index in [4.69, 9.17) is 12.2 Å². The summed E-state index contributed by atoms with van der Waals surface area (Å²) in [6.07, 6.45) is 2.05. The van der Waals surface area contributed by atoms with E-state index in [1.54, 1.807) is 0 Å². The highest BCUT2D eigenvalue weighted by Crippen LogP contribution is 2.09. The SMILES string of the molecule is Cc1ccc(=S)n(-c2ccccc2)c1. The summed E-state index contributed by atoms with van der Waals surface area (Å²) in [6.45, 7) is 2.06. The summed E-state index contributed by atoms with van der Waals surface area (Å²) < 4.78 is 2.85. The second-order valence-electron chi connectivity index (χ2n) is 3.25. The number of aryl methyl sites for hydroxylation is 1. The van der Waals surface area contributed by atoms with Gasteiger partial charge in [-0.15, -0.1) is 0 Å². The molecule has 0 saturated heterocycles. The summed E-state index contributed by atoms with van der Waals surface area (Å²) in [4.78, 5) is 0. The summed E-state index contributed by atoms with van der Waals surface area (Å²) in [7, 11) is 0. The van der Waals surface area contributed by atoms with E-state index in [0.29, 0.717) is 0 Å². The van der Waals surface area contributed by atoms with Gasteiger partial charge in [0.1, 0.15) is 4.64 Å². The zero-order chi connectivity index (χ0) is 9.97. The summed E-state index contributed by atoms with van der Waals surface area (Å²) in [5.74, 6) is 0. The van der Waals surface area contributed by atoms with E-state index in [0.717, 1.165) is 10.3 Å². The van der Waals surface area contributed by atoms with Crippen molar-refractivity contribution in [1.82, 2.24) is 4.57 Å². The van der Waals surface area contributed by atoms with Gasteiger partial charge in [0, 0.05) is 11.9 Å². The standard InChI is InChI=1S/C12H11NS/c1-10-7-8-12(14)13(9-10)11-5-3-2-4-6-11/h2-9H,1H3. The average molecular weight is 201 g/mol. The molecule has 0 aliphatic rings. The Morgan fingerprint density at radius 1 is 1.00 bits per heavy atom. The van der Waals surface area contributed by atoms with E-state index in [1.165, 1.54) is 5.56 Å². The molecule has 0 amide bonds. The van der Waals surface area contributed by atoms with Crippen molar-refractivity contribution in [3.8, 4) is 5.69 Å². The molecular formula is C12H11NS. The van der Waals surface area contributed by atoms with Crippen LogP contribution in [-0.4, -0.2) is 4.57 Å². The van der Waals surface area contributed by atoms with Crippen LogP contribution in [-0.2, 0) is 0 Å². The number of pyridine rings is 1. The average Bonchev–Trinajstić information content (AvgIpc) is 2.23. The van der Waals surface area contributed by atoms with Crippen molar-refractivity contribution < 1.29 is 0 Å². The Kier molecular flexibility index (Phi) is 2.46. The van der Waals surface area contributed by atoms with Crippen LogP contribution in [0.5, 0.6) is 0 Å². The van der Waals surface area contributed by atoms with Crippen LogP contribution in [0.4, 0.5) is 0 Å². The third-order valence-corrected chi connectivity index (χ3v) is 2.43. The summed E-state index contributed by atoms with van der Waals surface area (Å²) in [6, 6.07) is 14.1. The van der Waals surface area contributed by atoms with E-state index in [9.17, 15) is 0 Å².